The molecule has 24 heavy (non-hydrogen) atoms. The van der Waals surface area contributed by atoms with Crippen LogP contribution in [-0.4, -0.2) is 29.9 Å². The number of urea groups is 1. The van der Waals surface area contributed by atoms with Gasteiger partial charge in [-0.25, -0.2) is 4.79 Å². The molecule has 0 spiro atoms. The molecule has 1 heterocycles. The van der Waals surface area contributed by atoms with E-state index in [2.05, 4.69) is 26.6 Å². The lowest BCUT2D eigenvalue weighted by Crippen LogP contribution is -2.48. The van der Waals surface area contributed by atoms with Crippen LogP contribution in [0.2, 0.25) is 0 Å². The summed E-state index contributed by atoms with van der Waals surface area (Å²) in [7, 11) is 1.86. The molecule has 2 rings (SSSR count). The van der Waals surface area contributed by atoms with Crippen LogP contribution < -0.4 is 10.6 Å². The fourth-order valence-electron chi connectivity index (χ4n) is 2.06. The standard InChI is InChI=1S/C17H20BrN3O2S/c1-12(21(2)11-14-8-9-15(18)24-14)16(22)20-17(23)19-10-13-6-4-3-5-7-13/h3-9,12H,10-11H2,1-2H3,(H2,19,20,22,23). The zero-order valence-corrected chi connectivity index (χ0v) is 16.0. The van der Waals surface area contributed by atoms with E-state index in [9.17, 15) is 9.59 Å². The van der Waals surface area contributed by atoms with Gasteiger partial charge in [-0.15, -0.1) is 11.3 Å². The van der Waals surface area contributed by atoms with Crippen molar-refractivity contribution in [1.82, 2.24) is 15.5 Å². The maximum Gasteiger partial charge on any atom is 0.321 e. The number of carbonyl (C=O) groups is 2. The summed E-state index contributed by atoms with van der Waals surface area (Å²) in [6.45, 7) is 2.81. The maximum atomic E-state index is 12.2. The first-order chi connectivity index (χ1) is 11.5. The van der Waals surface area contributed by atoms with Gasteiger partial charge in [-0.05, 0) is 47.6 Å². The second-order valence-corrected chi connectivity index (χ2v) is 8.00. The van der Waals surface area contributed by atoms with E-state index in [1.54, 1.807) is 18.3 Å². The van der Waals surface area contributed by atoms with E-state index < -0.39 is 12.1 Å². The van der Waals surface area contributed by atoms with E-state index in [1.165, 1.54) is 0 Å². The average molecular weight is 410 g/mol. The number of nitrogens with zero attached hydrogens (tertiary/aromatic N) is 1. The first kappa shape index (κ1) is 18.6. The van der Waals surface area contributed by atoms with Gasteiger partial charge in [0.1, 0.15) is 0 Å². The van der Waals surface area contributed by atoms with Crippen LogP contribution in [0.3, 0.4) is 0 Å². The predicted octanol–water partition coefficient (Wildman–Crippen LogP) is 3.36. The van der Waals surface area contributed by atoms with Crippen molar-refractivity contribution < 1.29 is 9.59 Å². The second kappa shape index (κ2) is 8.96. The third kappa shape index (κ3) is 5.74. The number of halogens is 1. The van der Waals surface area contributed by atoms with Gasteiger partial charge in [0, 0.05) is 18.0 Å². The first-order valence-electron chi connectivity index (χ1n) is 7.53. The molecular weight excluding hydrogens is 390 g/mol. The Kier molecular flexibility index (Phi) is 6.96. The second-order valence-electron chi connectivity index (χ2n) is 5.45. The molecule has 2 aromatic rings. The Morgan fingerprint density at radius 1 is 1.21 bits per heavy atom. The van der Waals surface area contributed by atoms with Crippen molar-refractivity contribution in [2.75, 3.05) is 7.05 Å². The number of amides is 3. The molecule has 0 saturated carbocycles. The van der Waals surface area contributed by atoms with E-state index in [0.29, 0.717) is 13.1 Å². The third-order valence-corrected chi connectivity index (χ3v) is 5.22. The van der Waals surface area contributed by atoms with E-state index in [4.69, 9.17) is 0 Å². The molecule has 0 aliphatic carbocycles. The third-order valence-electron chi connectivity index (χ3n) is 3.61. The highest BCUT2D eigenvalue weighted by Crippen LogP contribution is 2.23. The topological polar surface area (TPSA) is 61.4 Å². The average Bonchev–Trinajstić information content (AvgIpc) is 2.98. The summed E-state index contributed by atoms with van der Waals surface area (Å²) >= 11 is 5.05. The molecule has 1 atom stereocenters. The molecule has 0 aliphatic heterocycles. The fraction of sp³-hybridized carbons (Fsp3) is 0.294. The minimum absolute atomic E-state index is 0.321. The zero-order valence-electron chi connectivity index (χ0n) is 13.6. The molecule has 1 unspecified atom stereocenters. The highest BCUT2D eigenvalue weighted by atomic mass is 79.9. The number of likely N-dealkylation sites (N-methyl/N-ethyl adjacent to an activating group) is 1. The van der Waals surface area contributed by atoms with Crippen molar-refractivity contribution in [2.45, 2.75) is 26.1 Å². The molecule has 5 nitrogen and oxygen atoms in total. The number of rotatable bonds is 6. The fourth-order valence-corrected chi connectivity index (χ4v) is 3.61. The molecular formula is C17H20BrN3O2S. The molecule has 0 radical (unpaired) electrons. The van der Waals surface area contributed by atoms with Crippen molar-refractivity contribution in [3.63, 3.8) is 0 Å². The van der Waals surface area contributed by atoms with Crippen LogP contribution in [0.1, 0.15) is 17.4 Å². The summed E-state index contributed by atoms with van der Waals surface area (Å²) in [5.74, 6) is -0.321. The lowest BCUT2D eigenvalue weighted by atomic mass is 10.2. The highest BCUT2D eigenvalue weighted by molar-refractivity contribution is 9.11. The van der Waals surface area contributed by atoms with E-state index in [1.807, 2.05) is 54.4 Å². The molecule has 3 amide bonds. The Bertz CT molecular complexity index is 690. The minimum atomic E-state index is -0.483. The molecule has 0 bridgehead atoms. The molecule has 1 aromatic carbocycles. The smallest absolute Gasteiger partial charge is 0.321 e. The summed E-state index contributed by atoms with van der Waals surface area (Å²) in [5, 5.41) is 5.07. The quantitative estimate of drug-likeness (QED) is 0.768. The van der Waals surface area contributed by atoms with Gasteiger partial charge in [0.15, 0.2) is 0 Å². The van der Waals surface area contributed by atoms with Gasteiger partial charge in [-0.2, -0.15) is 0 Å². The summed E-state index contributed by atoms with van der Waals surface area (Å²) in [4.78, 5) is 27.1. The Morgan fingerprint density at radius 3 is 2.54 bits per heavy atom. The molecule has 2 N–H and O–H groups in total. The van der Waals surface area contributed by atoms with E-state index >= 15 is 0 Å². The van der Waals surface area contributed by atoms with Crippen molar-refractivity contribution >= 4 is 39.2 Å². The van der Waals surface area contributed by atoms with Crippen LogP contribution in [0, 0.1) is 0 Å². The molecule has 0 fully saturated rings. The lowest BCUT2D eigenvalue weighted by Gasteiger charge is -2.22. The lowest BCUT2D eigenvalue weighted by molar-refractivity contribution is -0.124. The van der Waals surface area contributed by atoms with Crippen LogP contribution in [0.25, 0.3) is 0 Å². The van der Waals surface area contributed by atoms with Crippen molar-refractivity contribution in [3.05, 3.63) is 56.7 Å². The zero-order chi connectivity index (χ0) is 17.5. The van der Waals surface area contributed by atoms with Crippen LogP contribution in [-0.2, 0) is 17.9 Å². The van der Waals surface area contributed by atoms with Crippen LogP contribution >= 0.6 is 27.3 Å². The number of nitrogens with one attached hydrogen (secondary N) is 2. The Hall–Kier alpha value is -1.70. The Labute approximate surface area is 154 Å². The molecule has 7 heteroatoms. The summed E-state index contributed by atoms with van der Waals surface area (Å²) < 4.78 is 1.06. The van der Waals surface area contributed by atoms with Gasteiger partial charge in [-0.1, -0.05) is 30.3 Å². The van der Waals surface area contributed by atoms with Gasteiger partial charge >= 0.3 is 6.03 Å². The minimum Gasteiger partial charge on any atom is -0.334 e. The molecule has 128 valence electrons. The number of carbonyl (C=O) groups excluding carboxylic acids is 2. The number of hydrogen-bond acceptors (Lipinski definition) is 4. The molecule has 1 aromatic heterocycles. The number of hydrogen-bond donors (Lipinski definition) is 2. The predicted molar refractivity (Wildman–Crippen MR) is 99.8 cm³/mol. The number of benzene rings is 1. The largest absolute Gasteiger partial charge is 0.334 e. The highest BCUT2D eigenvalue weighted by Gasteiger charge is 2.20. The van der Waals surface area contributed by atoms with Crippen LogP contribution in [0.5, 0.6) is 0 Å². The number of imide groups is 1. The van der Waals surface area contributed by atoms with Gasteiger partial charge in [0.25, 0.3) is 0 Å². The Morgan fingerprint density at radius 2 is 1.92 bits per heavy atom. The molecule has 0 aliphatic rings. The van der Waals surface area contributed by atoms with Crippen LogP contribution in [0.15, 0.2) is 46.3 Å². The van der Waals surface area contributed by atoms with Crippen molar-refractivity contribution in [1.29, 1.82) is 0 Å². The van der Waals surface area contributed by atoms with E-state index in [0.717, 1.165) is 14.2 Å². The van der Waals surface area contributed by atoms with Gasteiger partial charge < -0.3 is 5.32 Å². The summed E-state index contributed by atoms with van der Waals surface area (Å²) in [6.07, 6.45) is 0. The summed E-state index contributed by atoms with van der Waals surface area (Å²) in [5.41, 5.74) is 0.980. The van der Waals surface area contributed by atoms with Gasteiger partial charge in [0.05, 0.1) is 9.83 Å². The maximum absolute atomic E-state index is 12.2. The van der Waals surface area contributed by atoms with Gasteiger partial charge in [0.2, 0.25) is 5.91 Å². The molecule has 0 saturated heterocycles. The first-order valence-corrected chi connectivity index (χ1v) is 9.13. The van der Waals surface area contributed by atoms with Gasteiger partial charge in [-0.3, -0.25) is 15.0 Å². The normalized spacial score (nSPS) is 12.0. The Balaban J connectivity index is 1.78. The van der Waals surface area contributed by atoms with E-state index in [-0.39, 0.29) is 5.91 Å². The number of thiophene rings is 1. The van der Waals surface area contributed by atoms with Crippen molar-refractivity contribution in [3.8, 4) is 0 Å². The SMILES string of the molecule is CC(C(=O)NC(=O)NCc1ccccc1)N(C)Cc1ccc(Br)s1. The van der Waals surface area contributed by atoms with Crippen LogP contribution in [0.4, 0.5) is 4.79 Å². The monoisotopic (exact) mass is 409 g/mol. The van der Waals surface area contributed by atoms with Crippen molar-refractivity contribution in [2.24, 2.45) is 0 Å². The summed E-state index contributed by atoms with van der Waals surface area (Å²) in [6, 6.07) is 12.7.